The summed E-state index contributed by atoms with van der Waals surface area (Å²) in [6.45, 7) is 0.318. The van der Waals surface area contributed by atoms with Gasteiger partial charge in [-0.05, 0) is 12.1 Å². The zero-order chi connectivity index (χ0) is 15.4. The van der Waals surface area contributed by atoms with Gasteiger partial charge in [-0.2, -0.15) is 5.10 Å². The summed E-state index contributed by atoms with van der Waals surface area (Å²) in [5.41, 5.74) is 7.28. The standard InChI is InChI=1S/C14H18N4O3/c1-18-5-4-9(17-18)8-16-14(19)11-6-10(20-2)7-12(21-3)13(11)15/h4-7H,8,15H2,1-3H3,(H,16,19). The minimum Gasteiger partial charge on any atom is -0.497 e. The van der Waals surface area contributed by atoms with Crippen LogP contribution in [-0.4, -0.2) is 29.9 Å². The molecule has 112 valence electrons. The Kier molecular flexibility index (Phi) is 4.32. The number of hydrogen-bond acceptors (Lipinski definition) is 5. The first-order valence-corrected chi connectivity index (χ1v) is 6.33. The van der Waals surface area contributed by atoms with Gasteiger partial charge in [0.15, 0.2) is 0 Å². The number of aryl methyl sites for hydroxylation is 1. The van der Waals surface area contributed by atoms with Gasteiger partial charge in [-0.15, -0.1) is 0 Å². The third-order valence-electron chi connectivity index (χ3n) is 3.01. The number of nitrogens with one attached hydrogen (secondary N) is 1. The maximum Gasteiger partial charge on any atom is 0.253 e. The SMILES string of the molecule is COc1cc(OC)c(N)c(C(=O)NCc2ccn(C)n2)c1. The first-order valence-electron chi connectivity index (χ1n) is 6.33. The van der Waals surface area contributed by atoms with Gasteiger partial charge in [0.1, 0.15) is 11.5 Å². The molecule has 0 spiro atoms. The highest BCUT2D eigenvalue weighted by atomic mass is 16.5. The topological polar surface area (TPSA) is 91.4 Å². The second kappa shape index (κ2) is 6.17. The van der Waals surface area contributed by atoms with Crippen molar-refractivity contribution in [1.82, 2.24) is 15.1 Å². The van der Waals surface area contributed by atoms with Crippen molar-refractivity contribution in [3.8, 4) is 11.5 Å². The second-order valence-electron chi connectivity index (χ2n) is 4.45. The maximum atomic E-state index is 12.2. The van der Waals surface area contributed by atoms with Gasteiger partial charge >= 0.3 is 0 Å². The Morgan fingerprint density at radius 2 is 2.14 bits per heavy atom. The van der Waals surface area contributed by atoms with Crippen LogP contribution < -0.4 is 20.5 Å². The molecule has 0 saturated heterocycles. The average Bonchev–Trinajstić information content (AvgIpc) is 2.90. The Morgan fingerprint density at radius 3 is 2.71 bits per heavy atom. The van der Waals surface area contributed by atoms with Crippen LogP contribution in [0.5, 0.6) is 11.5 Å². The van der Waals surface area contributed by atoms with Gasteiger partial charge in [-0.3, -0.25) is 9.48 Å². The third-order valence-corrected chi connectivity index (χ3v) is 3.01. The number of benzene rings is 1. The fourth-order valence-corrected chi connectivity index (χ4v) is 1.90. The highest BCUT2D eigenvalue weighted by Crippen LogP contribution is 2.30. The second-order valence-corrected chi connectivity index (χ2v) is 4.45. The molecule has 0 atom stereocenters. The van der Waals surface area contributed by atoms with E-state index in [1.165, 1.54) is 14.2 Å². The molecule has 0 radical (unpaired) electrons. The summed E-state index contributed by atoms with van der Waals surface area (Å²) in [6.07, 6.45) is 1.81. The number of amides is 1. The van der Waals surface area contributed by atoms with Crippen molar-refractivity contribution in [3.05, 3.63) is 35.7 Å². The molecular weight excluding hydrogens is 272 g/mol. The van der Waals surface area contributed by atoms with Crippen LogP contribution in [0.25, 0.3) is 0 Å². The fraction of sp³-hybridized carbons (Fsp3) is 0.286. The molecule has 21 heavy (non-hydrogen) atoms. The number of nitrogens with zero attached hydrogens (tertiary/aromatic N) is 2. The largest absolute Gasteiger partial charge is 0.497 e. The minimum absolute atomic E-state index is 0.275. The van der Waals surface area contributed by atoms with Crippen LogP contribution in [0.2, 0.25) is 0 Å². The van der Waals surface area contributed by atoms with Crippen LogP contribution in [0.3, 0.4) is 0 Å². The van der Waals surface area contributed by atoms with Crippen molar-refractivity contribution < 1.29 is 14.3 Å². The van der Waals surface area contributed by atoms with Gasteiger partial charge < -0.3 is 20.5 Å². The van der Waals surface area contributed by atoms with Gasteiger partial charge in [-0.25, -0.2) is 0 Å². The zero-order valence-corrected chi connectivity index (χ0v) is 12.2. The molecular formula is C14H18N4O3. The van der Waals surface area contributed by atoms with E-state index in [9.17, 15) is 4.79 Å². The summed E-state index contributed by atoms with van der Waals surface area (Å²) in [5, 5.41) is 6.95. The number of nitrogen functional groups attached to an aromatic ring is 1. The number of ether oxygens (including phenoxy) is 2. The van der Waals surface area contributed by atoms with Crippen LogP contribution in [0.15, 0.2) is 24.4 Å². The molecule has 3 N–H and O–H groups in total. The molecule has 0 aliphatic heterocycles. The van der Waals surface area contributed by atoms with E-state index < -0.39 is 0 Å². The molecule has 7 heteroatoms. The van der Waals surface area contributed by atoms with Crippen molar-refractivity contribution in [2.24, 2.45) is 7.05 Å². The van der Waals surface area contributed by atoms with E-state index >= 15 is 0 Å². The lowest BCUT2D eigenvalue weighted by molar-refractivity contribution is 0.0950. The predicted octanol–water partition coefficient (Wildman–Crippen LogP) is 0.949. The first kappa shape index (κ1) is 14.7. The van der Waals surface area contributed by atoms with Gasteiger partial charge in [0.25, 0.3) is 5.91 Å². The van der Waals surface area contributed by atoms with Gasteiger partial charge in [-0.1, -0.05) is 0 Å². The van der Waals surface area contributed by atoms with Crippen LogP contribution in [-0.2, 0) is 13.6 Å². The van der Waals surface area contributed by atoms with Gasteiger partial charge in [0, 0.05) is 19.3 Å². The monoisotopic (exact) mass is 290 g/mol. The minimum atomic E-state index is -0.310. The highest BCUT2D eigenvalue weighted by molar-refractivity contribution is 6.00. The molecule has 1 aromatic carbocycles. The number of hydrogen-bond donors (Lipinski definition) is 2. The lowest BCUT2D eigenvalue weighted by atomic mass is 10.1. The van der Waals surface area contributed by atoms with E-state index in [2.05, 4.69) is 10.4 Å². The Morgan fingerprint density at radius 1 is 1.38 bits per heavy atom. The quantitative estimate of drug-likeness (QED) is 0.800. The Hall–Kier alpha value is -2.70. The molecule has 1 heterocycles. The molecule has 0 fully saturated rings. The van der Waals surface area contributed by atoms with Crippen LogP contribution in [0.1, 0.15) is 16.1 Å². The summed E-state index contributed by atoms with van der Waals surface area (Å²) in [6, 6.07) is 5.03. The normalized spacial score (nSPS) is 10.2. The molecule has 2 rings (SSSR count). The lowest BCUT2D eigenvalue weighted by Gasteiger charge is -2.12. The van der Waals surface area contributed by atoms with Crippen molar-refractivity contribution in [2.75, 3.05) is 20.0 Å². The number of carbonyl (C=O) groups is 1. The van der Waals surface area contributed by atoms with Gasteiger partial charge in [0.2, 0.25) is 0 Å². The Balaban J connectivity index is 2.18. The molecule has 1 amide bonds. The molecule has 7 nitrogen and oxygen atoms in total. The number of anilines is 1. The molecule has 2 aromatic rings. The van der Waals surface area contributed by atoms with Crippen molar-refractivity contribution in [3.63, 3.8) is 0 Å². The average molecular weight is 290 g/mol. The first-order chi connectivity index (χ1) is 10.0. The number of aromatic nitrogens is 2. The molecule has 0 saturated carbocycles. The maximum absolute atomic E-state index is 12.2. The number of rotatable bonds is 5. The predicted molar refractivity (Wildman–Crippen MR) is 78.3 cm³/mol. The van der Waals surface area contributed by atoms with Crippen molar-refractivity contribution in [2.45, 2.75) is 6.54 Å². The van der Waals surface area contributed by atoms with E-state index in [1.54, 1.807) is 16.8 Å². The van der Waals surface area contributed by atoms with Crippen LogP contribution in [0, 0.1) is 0 Å². The van der Waals surface area contributed by atoms with Crippen LogP contribution >= 0.6 is 0 Å². The number of methoxy groups -OCH3 is 2. The summed E-state index contributed by atoms with van der Waals surface area (Å²) in [7, 11) is 4.82. The van der Waals surface area contributed by atoms with E-state index in [0.717, 1.165) is 5.69 Å². The molecule has 0 aliphatic rings. The fourth-order valence-electron chi connectivity index (χ4n) is 1.90. The summed E-state index contributed by atoms with van der Waals surface area (Å²) in [5.74, 6) is 0.594. The summed E-state index contributed by atoms with van der Waals surface area (Å²) >= 11 is 0. The van der Waals surface area contributed by atoms with Crippen molar-refractivity contribution >= 4 is 11.6 Å². The van der Waals surface area contributed by atoms with Crippen molar-refractivity contribution in [1.29, 1.82) is 0 Å². The summed E-state index contributed by atoms with van der Waals surface area (Å²) < 4.78 is 12.0. The van der Waals surface area contributed by atoms with E-state index in [1.807, 2.05) is 19.3 Å². The van der Waals surface area contributed by atoms with E-state index in [4.69, 9.17) is 15.2 Å². The van der Waals surface area contributed by atoms with Crippen LogP contribution in [0.4, 0.5) is 5.69 Å². The van der Waals surface area contributed by atoms with E-state index in [0.29, 0.717) is 23.6 Å². The number of nitrogens with two attached hydrogens (primary N) is 1. The highest BCUT2D eigenvalue weighted by Gasteiger charge is 2.16. The lowest BCUT2D eigenvalue weighted by Crippen LogP contribution is -2.24. The molecule has 0 aliphatic carbocycles. The third kappa shape index (κ3) is 3.25. The Labute approximate surface area is 122 Å². The summed E-state index contributed by atoms with van der Waals surface area (Å²) in [4.78, 5) is 12.2. The number of carbonyl (C=O) groups excluding carboxylic acids is 1. The molecule has 0 unspecified atom stereocenters. The smallest absolute Gasteiger partial charge is 0.253 e. The molecule has 0 bridgehead atoms. The van der Waals surface area contributed by atoms with Gasteiger partial charge in [0.05, 0.1) is 37.7 Å². The van der Waals surface area contributed by atoms with E-state index in [-0.39, 0.29) is 11.6 Å². The zero-order valence-electron chi connectivity index (χ0n) is 12.2. The Bertz CT molecular complexity index is 652. The molecule has 1 aromatic heterocycles.